The van der Waals surface area contributed by atoms with E-state index in [4.69, 9.17) is 5.26 Å². The first-order valence-corrected chi connectivity index (χ1v) is 5.29. The molecule has 0 aromatic carbocycles. The molecule has 1 aromatic rings. The first kappa shape index (κ1) is 11.3. The number of pyridine rings is 1. The maximum atomic E-state index is 12.0. The fraction of sp³-hybridized carbons (Fsp3) is 0.333. The summed E-state index contributed by atoms with van der Waals surface area (Å²) in [5.74, 6) is -0.943. The lowest BCUT2D eigenvalue weighted by Gasteiger charge is -2.22. The summed E-state index contributed by atoms with van der Waals surface area (Å²) >= 11 is 0. The van der Waals surface area contributed by atoms with Crippen molar-refractivity contribution in [2.24, 2.45) is 5.92 Å². The molecule has 5 nitrogen and oxygen atoms in total. The van der Waals surface area contributed by atoms with Crippen LogP contribution in [0.2, 0.25) is 0 Å². The number of nitrogens with zero attached hydrogens (tertiary/aromatic N) is 3. The number of amides is 2. The van der Waals surface area contributed by atoms with E-state index in [9.17, 15) is 9.59 Å². The molecule has 0 radical (unpaired) electrons. The second kappa shape index (κ2) is 3.98. The normalized spacial score (nSPS) is 16.0. The summed E-state index contributed by atoms with van der Waals surface area (Å²) in [4.78, 5) is 28.9. The first-order valence-electron chi connectivity index (χ1n) is 5.29. The molecule has 0 fully saturated rings. The molecule has 0 bridgehead atoms. The number of carbonyl (C=O) groups excluding carboxylic acids is 2. The van der Waals surface area contributed by atoms with Crippen LogP contribution in [0.4, 0.5) is 0 Å². The van der Waals surface area contributed by atoms with E-state index in [-0.39, 0.29) is 11.5 Å². The van der Waals surface area contributed by atoms with Crippen LogP contribution in [0.1, 0.15) is 34.6 Å². The van der Waals surface area contributed by atoms with E-state index >= 15 is 0 Å². The summed E-state index contributed by atoms with van der Waals surface area (Å²) in [6.45, 7) is 3.60. The average molecular weight is 229 g/mol. The Hall–Kier alpha value is -2.22. The van der Waals surface area contributed by atoms with Crippen LogP contribution in [0.5, 0.6) is 0 Å². The van der Waals surface area contributed by atoms with Gasteiger partial charge in [-0.3, -0.25) is 19.5 Å². The van der Waals surface area contributed by atoms with Crippen LogP contribution >= 0.6 is 0 Å². The monoisotopic (exact) mass is 229 g/mol. The van der Waals surface area contributed by atoms with Crippen LogP contribution in [-0.2, 0) is 0 Å². The quantitative estimate of drug-likeness (QED) is 0.715. The van der Waals surface area contributed by atoms with Gasteiger partial charge < -0.3 is 0 Å². The molecule has 1 aliphatic rings. The van der Waals surface area contributed by atoms with Crippen LogP contribution in [0.25, 0.3) is 0 Å². The van der Waals surface area contributed by atoms with Gasteiger partial charge in [-0.05, 0) is 12.0 Å². The largest absolute Gasteiger partial charge is 0.269 e. The van der Waals surface area contributed by atoms with E-state index in [1.807, 2.05) is 6.07 Å². The lowest BCUT2D eigenvalue weighted by molar-refractivity contribution is 0.0588. The Balaban J connectivity index is 2.47. The van der Waals surface area contributed by atoms with Crippen molar-refractivity contribution in [2.45, 2.75) is 19.9 Å². The highest BCUT2D eigenvalue weighted by atomic mass is 16.2. The topological polar surface area (TPSA) is 74.1 Å². The Morgan fingerprint density at radius 1 is 1.29 bits per heavy atom. The number of hydrogen-bond acceptors (Lipinski definition) is 4. The van der Waals surface area contributed by atoms with E-state index in [1.165, 1.54) is 18.5 Å². The lowest BCUT2D eigenvalue weighted by Crippen LogP contribution is -2.42. The predicted molar refractivity (Wildman–Crippen MR) is 59.0 cm³/mol. The highest BCUT2D eigenvalue weighted by Gasteiger charge is 2.41. The van der Waals surface area contributed by atoms with Crippen LogP contribution in [0, 0.1) is 17.2 Å². The van der Waals surface area contributed by atoms with Crippen molar-refractivity contribution >= 4 is 11.8 Å². The van der Waals surface area contributed by atoms with Gasteiger partial charge in [-0.25, -0.2) is 0 Å². The zero-order valence-electron chi connectivity index (χ0n) is 9.54. The molecule has 1 atom stereocenters. The third kappa shape index (κ3) is 1.58. The Kier molecular flexibility index (Phi) is 2.64. The Morgan fingerprint density at radius 2 is 1.94 bits per heavy atom. The summed E-state index contributed by atoms with van der Waals surface area (Å²) in [6.07, 6.45) is 2.83. The molecule has 2 heterocycles. The van der Waals surface area contributed by atoms with Gasteiger partial charge in [0.1, 0.15) is 6.04 Å². The summed E-state index contributed by atoms with van der Waals surface area (Å²) in [5, 5.41) is 9.06. The molecule has 1 unspecified atom stereocenters. The third-order valence-electron chi connectivity index (χ3n) is 2.76. The molecule has 1 aliphatic heterocycles. The van der Waals surface area contributed by atoms with Crippen molar-refractivity contribution in [1.82, 2.24) is 9.88 Å². The van der Waals surface area contributed by atoms with E-state index in [1.54, 1.807) is 13.8 Å². The second-order valence-corrected chi connectivity index (χ2v) is 4.22. The van der Waals surface area contributed by atoms with Crippen LogP contribution < -0.4 is 0 Å². The molecule has 2 amide bonds. The highest BCUT2D eigenvalue weighted by Crippen LogP contribution is 2.25. The number of hydrogen-bond donors (Lipinski definition) is 0. The van der Waals surface area contributed by atoms with Gasteiger partial charge in [0.25, 0.3) is 11.8 Å². The molecule has 17 heavy (non-hydrogen) atoms. The minimum Gasteiger partial charge on any atom is -0.269 e. The Morgan fingerprint density at radius 3 is 2.47 bits per heavy atom. The van der Waals surface area contributed by atoms with Crippen molar-refractivity contribution in [3.63, 3.8) is 0 Å². The summed E-state index contributed by atoms with van der Waals surface area (Å²) in [7, 11) is 0. The molecular formula is C12H11N3O2. The Labute approximate surface area is 98.7 Å². The van der Waals surface area contributed by atoms with Gasteiger partial charge in [0, 0.05) is 12.4 Å². The zero-order valence-corrected chi connectivity index (χ0v) is 9.54. The molecule has 0 N–H and O–H groups in total. The Bertz CT molecular complexity index is 496. The van der Waals surface area contributed by atoms with E-state index in [0.29, 0.717) is 5.56 Å². The van der Waals surface area contributed by atoms with Gasteiger partial charge in [-0.15, -0.1) is 0 Å². The molecule has 1 aromatic heterocycles. The molecular weight excluding hydrogens is 218 g/mol. The van der Waals surface area contributed by atoms with Gasteiger partial charge in [0.2, 0.25) is 0 Å². The van der Waals surface area contributed by atoms with Gasteiger partial charge >= 0.3 is 0 Å². The van der Waals surface area contributed by atoms with Gasteiger partial charge in [0.05, 0.1) is 17.2 Å². The maximum absolute atomic E-state index is 12.0. The predicted octanol–water partition coefficient (Wildman–Crippen LogP) is 1.23. The molecule has 5 heteroatoms. The number of fused-ring (bicyclic) bond motifs is 1. The average Bonchev–Trinajstić information content (AvgIpc) is 2.56. The lowest BCUT2D eigenvalue weighted by atomic mass is 10.0. The van der Waals surface area contributed by atoms with E-state index in [2.05, 4.69) is 4.98 Å². The number of imide groups is 1. The fourth-order valence-corrected chi connectivity index (χ4v) is 1.86. The van der Waals surface area contributed by atoms with E-state index < -0.39 is 17.9 Å². The third-order valence-corrected chi connectivity index (χ3v) is 2.76. The maximum Gasteiger partial charge on any atom is 0.264 e. The molecule has 0 saturated carbocycles. The summed E-state index contributed by atoms with van der Waals surface area (Å²) in [5.41, 5.74) is 0.601. The van der Waals surface area contributed by atoms with Gasteiger partial charge in [0.15, 0.2) is 0 Å². The minimum atomic E-state index is -0.734. The van der Waals surface area contributed by atoms with E-state index in [0.717, 1.165) is 4.90 Å². The van der Waals surface area contributed by atoms with Crippen LogP contribution in [0.3, 0.4) is 0 Å². The zero-order chi connectivity index (χ0) is 12.6. The van der Waals surface area contributed by atoms with Crippen molar-refractivity contribution in [2.75, 3.05) is 0 Å². The number of carbonyl (C=O) groups is 2. The van der Waals surface area contributed by atoms with Gasteiger partial charge in [-0.1, -0.05) is 13.8 Å². The fourth-order valence-electron chi connectivity index (χ4n) is 1.86. The second-order valence-electron chi connectivity index (χ2n) is 4.22. The number of nitriles is 1. The molecule has 0 saturated heterocycles. The molecule has 86 valence electrons. The van der Waals surface area contributed by atoms with Crippen molar-refractivity contribution in [1.29, 1.82) is 5.26 Å². The highest BCUT2D eigenvalue weighted by molar-refractivity contribution is 6.21. The first-order chi connectivity index (χ1) is 8.07. The molecule has 2 rings (SSSR count). The SMILES string of the molecule is CC(C)C(C#N)N1C(=O)c2ccncc2C1=O. The smallest absolute Gasteiger partial charge is 0.264 e. The number of rotatable bonds is 2. The van der Waals surface area contributed by atoms with Crippen LogP contribution in [-0.4, -0.2) is 27.7 Å². The van der Waals surface area contributed by atoms with Crippen LogP contribution in [0.15, 0.2) is 18.5 Å². The van der Waals surface area contributed by atoms with Crippen molar-refractivity contribution in [3.05, 3.63) is 29.6 Å². The van der Waals surface area contributed by atoms with Gasteiger partial charge in [-0.2, -0.15) is 5.26 Å². The molecule has 0 aliphatic carbocycles. The van der Waals surface area contributed by atoms with Crippen molar-refractivity contribution < 1.29 is 9.59 Å². The number of aromatic nitrogens is 1. The summed E-state index contributed by atoms with van der Waals surface area (Å²) < 4.78 is 0. The standard InChI is InChI=1S/C12H11N3O2/c1-7(2)10(5-13)15-11(16)8-3-4-14-6-9(8)12(15)17/h3-4,6-7,10H,1-2H3. The minimum absolute atomic E-state index is 0.102. The van der Waals surface area contributed by atoms with Crippen molar-refractivity contribution in [3.8, 4) is 6.07 Å². The summed E-state index contributed by atoms with van der Waals surface area (Å²) in [6, 6.07) is 2.77. The molecule has 0 spiro atoms.